The lowest BCUT2D eigenvalue weighted by atomic mass is 9.79. The second kappa shape index (κ2) is 9.64. The van der Waals surface area contributed by atoms with Crippen molar-refractivity contribution in [3.8, 4) is 0 Å². The van der Waals surface area contributed by atoms with Crippen LogP contribution in [-0.2, 0) is 17.6 Å². The van der Waals surface area contributed by atoms with E-state index in [1.165, 1.54) is 68.2 Å². The third-order valence-electron chi connectivity index (χ3n) is 7.74. The number of hydrogen-bond donors (Lipinski definition) is 1. The maximum atomic E-state index is 13.4. The summed E-state index contributed by atoms with van der Waals surface area (Å²) in [6, 6.07) is 7.26. The smallest absolute Gasteiger partial charge is 0.230 e. The Morgan fingerprint density at radius 2 is 1.83 bits per heavy atom. The molecule has 1 amide bonds. The van der Waals surface area contributed by atoms with Gasteiger partial charge in [-0.25, -0.2) is 0 Å². The van der Waals surface area contributed by atoms with Gasteiger partial charge >= 0.3 is 0 Å². The molecule has 160 valence electrons. The van der Waals surface area contributed by atoms with Crippen molar-refractivity contribution in [2.24, 2.45) is 17.8 Å². The van der Waals surface area contributed by atoms with Crippen LogP contribution in [0.2, 0.25) is 0 Å². The number of fused-ring (bicyclic) bond motifs is 1. The monoisotopic (exact) mass is 396 g/mol. The molecule has 3 nitrogen and oxygen atoms in total. The molecule has 1 N–H and O–H groups in total. The number of unbranched alkanes of at least 4 members (excludes halogenated alkanes) is 1. The van der Waals surface area contributed by atoms with E-state index in [4.69, 9.17) is 0 Å². The molecule has 1 aromatic carbocycles. The minimum absolute atomic E-state index is 0.246. The van der Waals surface area contributed by atoms with Crippen molar-refractivity contribution in [3.63, 3.8) is 0 Å². The van der Waals surface area contributed by atoms with Crippen molar-refractivity contribution in [3.05, 3.63) is 29.3 Å². The summed E-state index contributed by atoms with van der Waals surface area (Å²) in [7, 11) is 0. The first-order chi connectivity index (χ1) is 14.2. The summed E-state index contributed by atoms with van der Waals surface area (Å²) in [6.45, 7) is 6.83. The van der Waals surface area contributed by atoms with E-state index in [0.717, 1.165) is 44.2 Å². The largest absolute Gasteiger partial charge is 0.317 e. The molecule has 1 atom stereocenters. The highest BCUT2D eigenvalue weighted by atomic mass is 16.2. The van der Waals surface area contributed by atoms with Crippen LogP contribution in [0.25, 0.3) is 0 Å². The van der Waals surface area contributed by atoms with E-state index in [2.05, 4.69) is 42.3 Å². The summed E-state index contributed by atoms with van der Waals surface area (Å²) < 4.78 is 0. The quantitative estimate of drug-likeness (QED) is 0.688. The molecule has 1 aromatic rings. The van der Waals surface area contributed by atoms with Crippen LogP contribution in [0.1, 0.15) is 82.8 Å². The fraction of sp³-hybridized carbons (Fsp3) is 0.731. The van der Waals surface area contributed by atoms with Crippen LogP contribution in [-0.4, -0.2) is 25.0 Å². The van der Waals surface area contributed by atoms with Gasteiger partial charge in [-0.05, 0) is 100 Å². The fourth-order valence-electron chi connectivity index (χ4n) is 5.95. The van der Waals surface area contributed by atoms with Gasteiger partial charge in [0.2, 0.25) is 5.91 Å². The van der Waals surface area contributed by atoms with Crippen molar-refractivity contribution in [2.75, 3.05) is 18.0 Å². The molecule has 1 saturated carbocycles. The average molecular weight is 397 g/mol. The van der Waals surface area contributed by atoms with E-state index in [0.29, 0.717) is 11.9 Å². The minimum atomic E-state index is 0.246. The van der Waals surface area contributed by atoms with Crippen LogP contribution in [0.4, 0.5) is 5.69 Å². The first kappa shape index (κ1) is 20.9. The van der Waals surface area contributed by atoms with Gasteiger partial charge in [-0.15, -0.1) is 0 Å². The van der Waals surface area contributed by atoms with Gasteiger partial charge < -0.3 is 10.2 Å². The Morgan fingerprint density at radius 3 is 2.55 bits per heavy atom. The third kappa shape index (κ3) is 4.87. The summed E-state index contributed by atoms with van der Waals surface area (Å²) >= 11 is 0. The van der Waals surface area contributed by atoms with Crippen LogP contribution >= 0.6 is 0 Å². The predicted octanol–water partition coefficient (Wildman–Crippen LogP) is 5.50. The highest BCUT2D eigenvalue weighted by Gasteiger charge is 2.36. The maximum absolute atomic E-state index is 13.4. The van der Waals surface area contributed by atoms with Crippen LogP contribution in [0.5, 0.6) is 0 Å². The van der Waals surface area contributed by atoms with Crippen LogP contribution in [0.15, 0.2) is 18.2 Å². The van der Waals surface area contributed by atoms with E-state index in [1.54, 1.807) is 0 Å². The lowest BCUT2D eigenvalue weighted by molar-refractivity contribution is -0.123. The van der Waals surface area contributed by atoms with E-state index >= 15 is 0 Å². The van der Waals surface area contributed by atoms with Crippen molar-refractivity contribution >= 4 is 11.6 Å². The van der Waals surface area contributed by atoms with E-state index in [1.807, 2.05) is 0 Å². The molecule has 1 unspecified atom stereocenters. The van der Waals surface area contributed by atoms with Crippen molar-refractivity contribution in [1.82, 2.24) is 5.32 Å². The highest BCUT2D eigenvalue weighted by molar-refractivity contribution is 5.97. The van der Waals surface area contributed by atoms with Crippen LogP contribution < -0.4 is 10.2 Å². The lowest BCUT2D eigenvalue weighted by Gasteiger charge is -2.32. The first-order valence-corrected chi connectivity index (χ1v) is 12.3. The number of carbonyl (C=O) groups is 1. The zero-order chi connectivity index (χ0) is 20.2. The number of nitrogens with zero attached hydrogens (tertiary/aromatic N) is 1. The summed E-state index contributed by atoms with van der Waals surface area (Å²) in [5.41, 5.74) is 4.06. The summed E-state index contributed by atoms with van der Waals surface area (Å²) in [4.78, 5) is 15.6. The first-order valence-electron chi connectivity index (χ1n) is 12.3. The molecular formula is C26H40N2O. The topological polar surface area (TPSA) is 32.3 Å². The number of anilines is 1. The van der Waals surface area contributed by atoms with Gasteiger partial charge in [0.05, 0.1) is 0 Å². The van der Waals surface area contributed by atoms with Crippen LogP contribution in [0.3, 0.4) is 0 Å². The standard InChI is InChI=1S/C26H40N2O/c1-3-4-5-20-6-9-23(10-7-20)26(29)28-19(2)16-24-18-22(8-11-25(24)28)17-21-12-14-27-15-13-21/h8,11,18-21,23,27H,3-7,9-10,12-17H2,1-2H3. The second-order valence-electron chi connectivity index (χ2n) is 9.98. The van der Waals surface area contributed by atoms with Crippen molar-refractivity contribution in [1.29, 1.82) is 0 Å². The second-order valence-corrected chi connectivity index (χ2v) is 9.98. The third-order valence-corrected chi connectivity index (χ3v) is 7.74. The molecule has 0 spiro atoms. The molecule has 0 radical (unpaired) electrons. The predicted molar refractivity (Wildman–Crippen MR) is 121 cm³/mol. The number of benzene rings is 1. The Morgan fingerprint density at radius 1 is 1.07 bits per heavy atom. The van der Waals surface area contributed by atoms with E-state index in [9.17, 15) is 4.79 Å². The van der Waals surface area contributed by atoms with Gasteiger partial charge in [-0.1, -0.05) is 38.3 Å². The van der Waals surface area contributed by atoms with E-state index in [-0.39, 0.29) is 5.92 Å². The SMILES string of the molecule is CCCCC1CCC(C(=O)N2c3ccc(CC4CCNCC4)cc3CC2C)CC1. The molecule has 2 aliphatic heterocycles. The molecule has 29 heavy (non-hydrogen) atoms. The molecule has 2 fully saturated rings. The van der Waals surface area contributed by atoms with Gasteiger partial charge in [-0.2, -0.15) is 0 Å². The molecule has 4 rings (SSSR count). The molecule has 3 aliphatic rings. The number of carbonyl (C=O) groups excluding carboxylic acids is 1. The highest BCUT2D eigenvalue weighted by Crippen LogP contribution is 2.38. The van der Waals surface area contributed by atoms with Crippen molar-refractivity contribution in [2.45, 2.75) is 90.5 Å². The normalized spacial score (nSPS) is 27.8. The minimum Gasteiger partial charge on any atom is -0.317 e. The van der Waals surface area contributed by atoms with Gasteiger partial charge in [0.25, 0.3) is 0 Å². The van der Waals surface area contributed by atoms with Gasteiger partial charge in [-0.3, -0.25) is 4.79 Å². The average Bonchev–Trinajstić information content (AvgIpc) is 3.07. The maximum Gasteiger partial charge on any atom is 0.230 e. The Kier molecular flexibility index (Phi) is 6.95. The summed E-state index contributed by atoms with van der Waals surface area (Å²) in [5, 5.41) is 3.47. The summed E-state index contributed by atoms with van der Waals surface area (Å²) in [5.74, 6) is 2.32. The Labute approximate surface area is 177 Å². The number of amides is 1. The van der Waals surface area contributed by atoms with Gasteiger partial charge in [0.1, 0.15) is 0 Å². The molecule has 1 saturated heterocycles. The zero-order valence-electron chi connectivity index (χ0n) is 18.6. The number of hydrogen-bond acceptors (Lipinski definition) is 2. The molecule has 0 aromatic heterocycles. The molecule has 3 heteroatoms. The molecule has 1 aliphatic carbocycles. The Balaban J connectivity index is 1.39. The Bertz CT molecular complexity index is 686. The molecular weight excluding hydrogens is 356 g/mol. The number of rotatable bonds is 6. The summed E-state index contributed by atoms with van der Waals surface area (Å²) in [6.07, 6.45) is 13.5. The number of nitrogens with one attached hydrogen (secondary N) is 1. The van der Waals surface area contributed by atoms with Gasteiger partial charge in [0, 0.05) is 17.6 Å². The van der Waals surface area contributed by atoms with E-state index < -0.39 is 0 Å². The van der Waals surface area contributed by atoms with Crippen LogP contribution in [0, 0.1) is 17.8 Å². The number of piperidine rings is 1. The Hall–Kier alpha value is -1.35. The van der Waals surface area contributed by atoms with Gasteiger partial charge in [0.15, 0.2) is 0 Å². The lowest BCUT2D eigenvalue weighted by Crippen LogP contribution is -2.41. The van der Waals surface area contributed by atoms with Crippen molar-refractivity contribution < 1.29 is 4.79 Å². The molecule has 2 heterocycles. The molecule has 0 bridgehead atoms. The zero-order valence-corrected chi connectivity index (χ0v) is 18.6. The fourth-order valence-corrected chi connectivity index (χ4v) is 5.95.